The van der Waals surface area contributed by atoms with E-state index in [1.807, 2.05) is 12.4 Å². The summed E-state index contributed by atoms with van der Waals surface area (Å²) in [7, 11) is 1.95. The molecule has 5 fully saturated rings. The summed E-state index contributed by atoms with van der Waals surface area (Å²) in [4.78, 5) is 42.3. The van der Waals surface area contributed by atoms with Crippen molar-refractivity contribution in [3.05, 3.63) is 22.4 Å². The first-order chi connectivity index (χ1) is 12.9. The second kappa shape index (κ2) is 6.14. The van der Waals surface area contributed by atoms with E-state index in [4.69, 9.17) is 0 Å². The Labute approximate surface area is 163 Å². The molecule has 1 N–H and O–H groups in total. The molecule has 0 radical (unpaired) electrons. The summed E-state index contributed by atoms with van der Waals surface area (Å²) >= 11 is 1.64. The predicted molar refractivity (Wildman–Crippen MR) is 99.8 cm³/mol. The number of nitrogens with zero attached hydrogens (tertiary/aromatic N) is 2. The van der Waals surface area contributed by atoms with Crippen molar-refractivity contribution >= 4 is 29.2 Å². The summed E-state index contributed by atoms with van der Waals surface area (Å²) < 4.78 is 0. The summed E-state index contributed by atoms with van der Waals surface area (Å²) in [6.45, 7) is 0.967. The number of quaternary nitrogens is 1. The number of hydrogen-bond acceptors (Lipinski definition) is 4. The van der Waals surface area contributed by atoms with E-state index in [0.717, 1.165) is 30.7 Å². The van der Waals surface area contributed by atoms with E-state index in [-0.39, 0.29) is 12.7 Å². The van der Waals surface area contributed by atoms with Crippen LogP contribution < -0.4 is 4.90 Å². The molecule has 4 amide bonds. The van der Waals surface area contributed by atoms with Gasteiger partial charge in [0.15, 0.2) is 6.67 Å². The number of imide groups is 2. The molecule has 27 heavy (non-hydrogen) atoms. The lowest BCUT2D eigenvalue weighted by Gasteiger charge is -2.58. The number of amides is 4. The Hall–Kier alpha value is -1.73. The van der Waals surface area contributed by atoms with Crippen LogP contribution in [0.5, 0.6) is 0 Å². The second-order valence-corrected chi connectivity index (χ2v) is 10.0. The van der Waals surface area contributed by atoms with Gasteiger partial charge in [-0.2, -0.15) is 11.3 Å². The van der Waals surface area contributed by atoms with Gasteiger partial charge in [-0.05, 0) is 73.1 Å². The van der Waals surface area contributed by atoms with Crippen molar-refractivity contribution < 1.29 is 19.3 Å². The number of carbonyl (C=O) groups is 3. The zero-order valence-electron chi connectivity index (χ0n) is 15.6. The molecule has 4 saturated carbocycles. The van der Waals surface area contributed by atoms with Crippen molar-refractivity contribution in [1.82, 2.24) is 9.80 Å². The molecule has 1 aromatic heterocycles. The third kappa shape index (κ3) is 2.74. The lowest BCUT2D eigenvalue weighted by Crippen LogP contribution is -3.09. The van der Waals surface area contributed by atoms with Gasteiger partial charge in [-0.3, -0.25) is 9.59 Å². The number of carbonyl (C=O) groups excluding carboxylic acids is 3. The van der Waals surface area contributed by atoms with Gasteiger partial charge in [0.05, 0.1) is 12.6 Å². The first kappa shape index (κ1) is 17.4. The minimum absolute atomic E-state index is 0.238. The SMILES string of the molecule is C[NH+](Cc1ccsc1)CN1C(=O)C(=O)N(C23CC4CC(CC(C4)C2)C3)C1=O. The first-order valence-electron chi connectivity index (χ1n) is 9.97. The minimum atomic E-state index is -0.639. The average molecular weight is 389 g/mol. The summed E-state index contributed by atoms with van der Waals surface area (Å²) in [5.41, 5.74) is 0.787. The Kier molecular flexibility index (Phi) is 3.95. The highest BCUT2D eigenvalue weighted by Gasteiger charge is 2.61. The Morgan fingerprint density at radius 3 is 2.26 bits per heavy atom. The molecule has 1 saturated heterocycles. The molecule has 2 heterocycles. The third-order valence-electron chi connectivity index (χ3n) is 7.05. The van der Waals surface area contributed by atoms with Crippen LogP contribution in [0, 0.1) is 17.8 Å². The maximum absolute atomic E-state index is 13.2. The van der Waals surface area contributed by atoms with Crippen LogP contribution in [0.1, 0.15) is 44.1 Å². The molecule has 1 aromatic rings. The molecular formula is C20H26N3O3S+. The zero-order chi connectivity index (χ0) is 18.8. The van der Waals surface area contributed by atoms with Gasteiger partial charge in [0.2, 0.25) is 0 Å². The summed E-state index contributed by atoms with van der Waals surface area (Å²) in [6, 6.07) is 1.67. The van der Waals surface area contributed by atoms with E-state index in [2.05, 4.69) is 11.4 Å². The van der Waals surface area contributed by atoms with Crippen LogP contribution in [-0.2, 0) is 16.1 Å². The van der Waals surface area contributed by atoms with Crippen molar-refractivity contribution in [2.45, 2.75) is 50.6 Å². The highest BCUT2D eigenvalue weighted by molar-refractivity contribution is 7.07. The van der Waals surface area contributed by atoms with Gasteiger partial charge in [-0.25, -0.2) is 14.6 Å². The lowest BCUT2D eigenvalue weighted by molar-refractivity contribution is -0.901. The minimum Gasteiger partial charge on any atom is -0.316 e. The van der Waals surface area contributed by atoms with Gasteiger partial charge in [0, 0.05) is 5.56 Å². The Balaban J connectivity index is 1.35. The Morgan fingerprint density at radius 2 is 1.70 bits per heavy atom. The van der Waals surface area contributed by atoms with E-state index in [1.54, 1.807) is 11.3 Å². The monoisotopic (exact) mass is 388 g/mol. The van der Waals surface area contributed by atoms with Crippen molar-refractivity contribution in [1.29, 1.82) is 0 Å². The molecular weight excluding hydrogens is 362 g/mol. The number of thiophene rings is 1. The van der Waals surface area contributed by atoms with Gasteiger partial charge < -0.3 is 4.90 Å². The molecule has 1 unspecified atom stereocenters. The second-order valence-electron chi connectivity index (χ2n) is 9.22. The van der Waals surface area contributed by atoms with E-state index in [9.17, 15) is 14.4 Å². The van der Waals surface area contributed by atoms with Crippen molar-refractivity contribution in [3.63, 3.8) is 0 Å². The quantitative estimate of drug-likeness (QED) is 0.614. The van der Waals surface area contributed by atoms with Gasteiger partial charge in [-0.15, -0.1) is 0 Å². The highest BCUT2D eigenvalue weighted by Crippen LogP contribution is 2.58. The molecule has 7 heteroatoms. The number of rotatable bonds is 5. The van der Waals surface area contributed by atoms with E-state index >= 15 is 0 Å². The van der Waals surface area contributed by atoms with E-state index in [0.29, 0.717) is 17.8 Å². The van der Waals surface area contributed by atoms with Crippen LogP contribution in [0.25, 0.3) is 0 Å². The maximum atomic E-state index is 13.2. The molecule has 144 valence electrons. The van der Waals surface area contributed by atoms with Gasteiger partial charge in [0.25, 0.3) is 0 Å². The van der Waals surface area contributed by atoms with Crippen LogP contribution in [-0.4, -0.2) is 46.9 Å². The molecule has 4 bridgehead atoms. The fraction of sp³-hybridized carbons (Fsp3) is 0.650. The number of nitrogens with one attached hydrogen (secondary N) is 1. The topological polar surface area (TPSA) is 62.1 Å². The molecule has 0 spiro atoms. The van der Waals surface area contributed by atoms with Gasteiger partial charge in [-0.1, -0.05) is 0 Å². The molecule has 6 rings (SSSR count). The zero-order valence-corrected chi connectivity index (χ0v) is 16.5. The number of hydrogen-bond donors (Lipinski definition) is 1. The smallest absolute Gasteiger partial charge is 0.316 e. The lowest BCUT2D eigenvalue weighted by atomic mass is 9.52. The largest absolute Gasteiger partial charge is 0.339 e. The Bertz CT molecular complexity index is 755. The standard InChI is InChI=1S/C20H25N3O3S/c1-21(10-13-2-3-27-11-13)12-22-17(24)18(25)23(19(22)26)20-7-14-4-15(8-20)6-16(5-14)9-20/h2-3,11,14-16H,4-10,12H2,1H3/p+1. The summed E-state index contributed by atoms with van der Waals surface area (Å²) in [6.07, 6.45) is 6.40. The highest BCUT2D eigenvalue weighted by atomic mass is 32.1. The van der Waals surface area contributed by atoms with E-state index < -0.39 is 17.4 Å². The molecule has 0 aromatic carbocycles. The molecule has 5 aliphatic rings. The van der Waals surface area contributed by atoms with Crippen LogP contribution in [0.3, 0.4) is 0 Å². The first-order valence-corrected chi connectivity index (χ1v) is 10.9. The fourth-order valence-electron chi connectivity index (χ4n) is 6.47. The van der Waals surface area contributed by atoms with Crippen molar-refractivity contribution in [2.75, 3.05) is 13.7 Å². The molecule has 6 nitrogen and oxygen atoms in total. The molecule has 1 aliphatic heterocycles. The average Bonchev–Trinajstić information content (AvgIpc) is 3.16. The van der Waals surface area contributed by atoms with Crippen LogP contribution in [0.15, 0.2) is 16.8 Å². The van der Waals surface area contributed by atoms with E-state index in [1.165, 1.54) is 34.6 Å². The van der Waals surface area contributed by atoms with Crippen LogP contribution in [0.2, 0.25) is 0 Å². The van der Waals surface area contributed by atoms with Crippen molar-refractivity contribution in [3.8, 4) is 0 Å². The van der Waals surface area contributed by atoms with Gasteiger partial charge in [0.1, 0.15) is 6.54 Å². The predicted octanol–water partition coefficient (Wildman–Crippen LogP) is 1.48. The maximum Gasteiger partial charge on any atom is 0.339 e. The molecule has 4 aliphatic carbocycles. The number of urea groups is 1. The Morgan fingerprint density at radius 1 is 1.07 bits per heavy atom. The third-order valence-corrected chi connectivity index (χ3v) is 7.78. The van der Waals surface area contributed by atoms with Crippen molar-refractivity contribution in [2.24, 2.45) is 17.8 Å². The molecule has 1 atom stereocenters. The summed E-state index contributed by atoms with van der Waals surface area (Å²) in [5.74, 6) is 0.624. The normalized spacial score (nSPS) is 36.2. The van der Waals surface area contributed by atoms with Crippen LogP contribution in [0.4, 0.5) is 4.79 Å². The fourth-order valence-corrected chi connectivity index (χ4v) is 7.14. The van der Waals surface area contributed by atoms with Crippen LogP contribution >= 0.6 is 11.3 Å². The van der Waals surface area contributed by atoms with Gasteiger partial charge >= 0.3 is 17.8 Å². The summed E-state index contributed by atoms with van der Waals surface area (Å²) in [5, 5.41) is 4.09.